The molecule has 17 nitrogen and oxygen atoms in total. The van der Waals surface area contributed by atoms with E-state index in [1.807, 2.05) is 99.6 Å². The van der Waals surface area contributed by atoms with Gasteiger partial charge in [0.1, 0.15) is 52.4 Å². The van der Waals surface area contributed by atoms with Crippen molar-refractivity contribution >= 4 is 49.3 Å². The number of aryl methyl sites for hydroxylation is 10. The summed E-state index contributed by atoms with van der Waals surface area (Å²) in [5, 5.41) is 3.87. The van der Waals surface area contributed by atoms with Crippen LogP contribution in [0.4, 0.5) is 5.69 Å². The summed E-state index contributed by atoms with van der Waals surface area (Å²) in [5.74, 6) is 7.55. The van der Waals surface area contributed by atoms with Crippen LogP contribution in [0.1, 0.15) is 58.0 Å². The average molecular weight is 968 g/mol. The molecule has 17 heteroatoms. The van der Waals surface area contributed by atoms with Crippen molar-refractivity contribution < 1.29 is 0 Å². The van der Waals surface area contributed by atoms with Crippen LogP contribution in [-0.4, -0.2) is 78.9 Å². The molecular weight excluding hydrogens is 923 g/mol. The molecule has 7 heterocycles. The second kappa shape index (κ2) is 17.3. The minimum absolute atomic E-state index is 0.359. The Bertz CT molecular complexity index is 4090. The maximum absolute atomic E-state index is 8.86. The molecule has 12 aromatic rings. The number of fused-ring (bicyclic) bond motifs is 6. The molecule has 12 rings (SSSR count). The average Bonchev–Trinajstić information content (AvgIpc) is 3.87. The van der Waals surface area contributed by atoms with Gasteiger partial charge >= 0.3 is 0 Å². The van der Waals surface area contributed by atoms with Gasteiger partial charge in [0.05, 0.1) is 40.0 Å². The summed E-state index contributed by atoms with van der Waals surface area (Å²) in [7, 11) is 0. The van der Waals surface area contributed by atoms with E-state index in [2.05, 4.69) is 94.6 Å². The molecule has 5 aromatic carbocycles. The predicted molar refractivity (Wildman–Crippen MR) is 285 cm³/mol. The molecule has 0 spiro atoms. The Balaban J connectivity index is 1.27. The van der Waals surface area contributed by atoms with Crippen molar-refractivity contribution in [2.24, 2.45) is 0 Å². The first-order valence-corrected chi connectivity index (χ1v) is 24.0. The van der Waals surface area contributed by atoms with Crippen molar-refractivity contribution in [3.8, 4) is 68.3 Å². The van der Waals surface area contributed by atoms with Gasteiger partial charge in [-0.25, -0.2) is 74.6 Å². The molecule has 0 saturated heterocycles. The van der Waals surface area contributed by atoms with Crippen molar-refractivity contribution in [1.29, 1.82) is 0 Å². The largest absolute Gasteiger partial charge is 0.308 e. The summed E-state index contributed by atoms with van der Waals surface area (Å²) in [6.45, 7) is 27.7. The predicted octanol–water partition coefficient (Wildman–Crippen LogP) is 11.4. The Morgan fingerprint density at radius 3 is 0.878 bits per heavy atom. The molecular formula is C57H45N17. The Morgan fingerprint density at radius 2 is 0.595 bits per heavy atom. The van der Waals surface area contributed by atoms with Gasteiger partial charge in [0.25, 0.3) is 0 Å². The molecule has 0 radical (unpaired) electrons. The zero-order chi connectivity index (χ0) is 51.3. The summed E-state index contributed by atoms with van der Waals surface area (Å²) in [4.78, 5) is 70.6. The Hall–Kier alpha value is -9.69. The van der Waals surface area contributed by atoms with Crippen molar-refractivity contribution in [2.75, 3.05) is 0 Å². The standard InChI is InChI=1S/C57H45N17/c1-27-20-28(2)60-57(59-27)45-25-51(73-47-21-37(53-65-29(3)61-30(4)66-53)12-16-41(47)42-17-13-38(22-48(42)73)54-67-31(5)62-32(6)68-54)52(26-46(45)58-11)74-49-23-39(55-69-33(7)63-34(8)70-55)14-18-43(49)44-19-15-40(24-50(44)74)56-71-35(9)64-36(10)72-56/h12-26H,1-10H3. The van der Waals surface area contributed by atoms with Crippen LogP contribution in [0.2, 0.25) is 0 Å². The van der Waals surface area contributed by atoms with E-state index in [4.69, 9.17) is 56.4 Å². The number of aromatic nitrogens is 16. The number of hydrogen-bond acceptors (Lipinski definition) is 14. The first-order chi connectivity index (χ1) is 35.6. The van der Waals surface area contributed by atoms with E-state index in [1.165, 1.54) is 0 Å². The van der Waals surface area contributed by atoms with E-state index >= 15 is 0 Å². The van der Waals surface area contributed by atoms with Crippen LogP contribution >= 0.6 is 0 Å². The van der Waals surface area contributed by atoms with E-state index in [1.54, 1.807) is 0 Å². The van der Waals surface area contributed by atoms with Gasteiger partial charge in [0.15, 0.2) is 29.0 Å². The maximum Gasteiger partial charge on any atom is 0.200 e. The topological polar surface area (TPSA) is 195 Å². The summed E-state index contributed by atoms with van der Waals surface area (Å²) < 4.78 is 4.47. The van der Waals surface area contributed by atoms with Crippen molar-refractivity contribution in [3.63, 3.8) is 0 Å². The fourth-order valence-corrected chi connectivity index (χ4v) is 10.1. The lowest BCUT2D eigenvalue weighted by Crippen LogP contribution is -2.06. The molecule has 0 fully saturated rings. The third kappa shape index (κ3) is 7.89. The minimum atomic E-state index is 0.359. The van der Waals surface area contributed by atoms with Crippen molar-refractivity contribution in [2.45, 2.75) is 69.2 Å². The monoisotopic (exact) mass is 967 g/mol. The zero-order valence-electron chi connectivity index (χ0n) is 42.3. The number of nitrogens with zero attached hydrogens (tertiary/aromatic N) is 17. The molecule has 0 bridgehead atoms. The Labute approximate surface area is 424 Å². The normalized spacial score (nSPS) is 11.6. The zero-order valence-corrected chi connectivity index (χ0v) is 42.3. The first kappa shape index (κ1) is 45.4. The fraction of sp³-hybridized carbons (Fsp3) is 0.175. The van der Waals surface area contributed by atoms with Gasteiger partial charge in [-0.15, -0.1) is 0 Å². The summed E-state index contributed by atoms with van der Waals surface area (Å²) >= 11 is 0. The van der Waals surface area contributed by atoms with Crippen LogP contribution in [-0.2, 0) is 0 Å². The van der Waals surface area contributed by atoms with Gasteiger partial charge in [0.2, 0.25) is 0 Å². The summed E-state index contributed by atoms with van der Waals surface area (Å²) in [6, 6.07) is 31.1. The highest BCUT2D eigenvalue weighted by Gasteiger charge is 2.26. The van der Waals surface area contributed by atoms with Gasteiger partial charge in [-0.1, -0.05) is 48.5 Å². The maximum atomic E-state index is 8.86. The third-order valence-electron chi connectivity index (χ3n) is 12.9. The summed E-state index contributed by atoms with van der Waals surface area (Å²) in [6.07, 6.45) is 0. The lowest BCUT2D eigenvalue weighted by atomic mass is 10.1. The third-order valence-corrected chi connectivity index (χ3v) is 12.9. The molecule has 0 aliphatic carbocycles. The van der Waals surface area contributed by atoms with Gasteiger partial charge in [-0.05, 0) is 112 Å². The molecule has 7 aromatic heterocycles. The van der Waals surface area contributed by atoms with Crippen LogP contribution in [0.5, 0.6) is 0 Å². The number of rotatable bonds is 7. The fourth-order valence-electron chi connectivity index (χ4n) is 10.1. The smallest absolute Gasteiger partial charge is 0.200 e. The first-order valence-electron chi connectivity index (χ1n) is 24.0. The molecule has 74 heavy (non-hydrogen) atoms. The highest BCUT2D eigenvalue weighted by molar-refractivity contribution is 6.13. The van der Waals surface area contributed by atoms with Crippen LogP contribution in [0.3, 0.4) is 0 Å². The molecule has 0 amide bonds. The van der Waals surface area contributed by atoms with Gasteiger partial charge in [0, 0.05) is 60.8 Å². The van der Waals surface area contributed by atoms with Gasteiger partial charge in [-0.3, -0.25) is 0 Å². The van der Waals surface area contributed by atoms with Gasteiger partial charge in [-0.2, -0.15) is 0 Å². The second-order valence-electron chi connectivity index (χ2n) is 18.6. The number of benzene rings is 5. The number of hydrogen-bond donors (Lipinski definition) is 0. The molecule has 0 atom stereocenters. The lowest BCUT2D eigenvalue weighted by molar-refractivity contribution is 0.928. The van der Waals surface area contributed by atoms with Crippen molar-refractivity contribution in [1.82, 2.24) is 78.9 Å². The Kier molecular flexibility index (Phi) is 10.6. The van der Waals surface area contributed by atoms with E-state index in [0.29, 0.717) is 92.7 Å². The Morgan fingerprint density at radius 1 is 0.311 bits per heavy atom. The molecule has 358 valence electrons. The van der Waals surface area contributed by atoms with Crippen molar-refractivity contribution in [3.05, 3.63) is 160 Å². The van der Waals surface area contributed by atoms with Crippen LogP contribution in [0.15, 0.2) is 91.0 Å². The van der Waals surface area contributed by atoms with Crippen LogP contribution in [0.25, 0.3) is 117 Å². The molecule has 0 N–H and O–H groups in total. The van der Waals surface area contributed by atoms with E-state index in [-0.39, 0.29) is 0 Å². The molecule has 0 aliphatic heterocycles. The van der Waals surface area contributed by atoms with E-state index < -0.39 is 0 Å². The summed E-state index contributed by atoms with van der Waals surface area (Å²) in [5.41, 5.74) is 10.5. The minimum Gasteiger partial charge on any atom is -0.308 e. The van der Waals surface area contributed by atoms with Crippen LogP contribution < -0.4 is 0 Å². The molecule has 0 unspecified atom stereocenters. The van der Waals surface area contributed by atoms with Gasteiger partial charge < -0.3 is 9.13 Å². The second-order valence-corrected chi connectivity index (χ2v) is 18.6. The quantitative estimate of drug-likeness (QED) is 0.137. The highest BCUT2D eigenvalue weighted by Crippen LogP contribution is 2.45. The molecule has 0 saturated carbocycles. The van der Waals surface area contributed by atoms with E-state index in [9.17, 15) is 0 Å². The van der Waals surface area contributed by atoms with Crippen LogP contribution in [0, 0.1) is 75.8 Å². The molecule has 0 aliphatic rings. The van der Waals surface area contributed by atoms with E-state index in [0.717, 1.165) is 82.9 Å². The highest BCUT2D eigenvalue weighted by atomic mass is 15.1. The lowest BCUT2D eigenvalue weighted by Gasteiger charge is -2.20. The SMILES string of the molecule is [C-]#[N+]c1cc(-n2c3cc(-c4nc(C)nc(C)n4)ccc3c3ccc(-c4nc(C)nc(C)n4)cc32)c(-n2c3cc(-c4nc(C)nc(C)n4)ccc3c3ccc(-c4nc(C)nc(C)n4)cc32)cc1-c1nc(C)cc(C)n1.